The highest BCUT2D eigenvalue weighted by Gasteiger charge is 2.52. The van der Waals surface area contributed by atoms with Gasteiger partial charge in [-0.15, -0.1) is 5.10 Å². The minimum Gasteiger partial charge on any atom is -0.452 e. The van der Waals surface area contributed by atoms with E-state index in [1.807, 2.05) is 0 Å². The third kappa shape index (κ3) is 6.63. The normalized spacial score (nSPS) is 24.0. The summed E-state index contributed by atoms with van der Waals surface area (Å²) in [6.07, 6.45) is -17.2. The van der Waals surface area contributed by atoms with E-state index in [1.165, 1.54) is 17.9 Å². The Bertz CT molecular complexity index is 1190. The van der Waals surface area contributed by atoms with Gasteiger partial charge in [0.25, 0.3) is 5.95 Å². The molecule has 2 heterocycles. The van der Waals surface area contributed by atoms with Crippen molar-refractivity contribution >= 4 is 17.7 Å². The minimum absolute atomic E-state index is 0.0493. The Kier molecular flexibility index (Phi) is 8.38. The molecule has 1 aromatic carbocycles. The number of hydrogen-bond acceptors (Lipinski definition) is 6. The maximum atomic E-state index is 13.8. The summed E-state index contributed by atoms with van der Waals surface area (Å²) in [4.78, 5) is 15.0. The number of methoxy groups -OCH3 is 1. The number of ether oxygens (including phenoxy) is 1. The van der Waals surface area contributed by atoms with Gasteiger partial charge in [0.1, 0.15) is 0 Å². The molecule has 8 nitrogen and oxygen atoms in total. The van der Waals surface area contributed by atoms with E-state index < -0.39 is 73.2 Å². The van der Waals surface area contributed by atoms with Crippen molar-refractivity contribution in [2.45, 2.75) is 63.6 Å². The van der Waals surface area contributed by atoms with Gasteiger partial charge in [0, 0.05) is 13.1 Å². The van der Waals surface area contributed by atoms with Gasteiger partial charge in [0.2, 0.25) is 0 Å². The van der Waals surface area contributed by atoms with Crippen molar-refractivity contribution in [2.24, 2.45) is 17.8 Å². The van der Waals surface area contributed by atoms with Crippen LogP contribution in [0.1, 0.15) is 54.8 Å². The molecule has 1 saturated carbocycles. The van der Waals surface area contributed by atoms with E-state index in [4.69, 9.17) is 4.74 Å². The van der Waals surface area contributed by atoms with E-state index in [0.717, 1.165) is 18.1 Å². The van der Waals surface area contributed by atoms with Crippen LogP contribution >= 0.6 is 0 Å². The number of carbonyl (C=O) groups excluding carboxylic acids is 1. The molecule has 1 fully saturated rings. The van der Waals surface area contributed by atoms with Gasteiger partial charge < -0.3 is 9.64 Å². The molecule has 1 N–H and O–H groups in total. The lowest BCUT2D eigenvalue weighted by Gasteiger charge is -2.40. The maximum Gasteiger partial charge on any atom is 0.416 e. The number of alkyl halides is 9. The number of H-pyrrole nitrogens is 1. The van der Waals surface area contributed by atoms with Crippen LogP contribution in [0, 0.1) is 24.7 Å². The first kappa shape index (κ1) is 30.7. The van der Waals surface area contributed by atoms with E-state index in [1.54, 1.807) is 0 Å². The molecular formula is C24H27F9N6O2. The fourth-order valence-electron chi connectivity index (χ4n) is 5.89. The third-order valence-electron chi connectivity index (χ3n) is 7.74. The molecule has 41 heavy (non-hydrogen) atoms. The predicted molar refractivity (Wildman–Crippen MR) is 126 cm³/mol. The highest BCUT2D eigenvalue weighted by atomic mass is 19.4. The number of rotatable bonds is 4. The van der Waals surface area contributed by atoms with Gasteiger partial charge in [-0.1, -0.05) is 11.2 Å². The number of aryl methyl sites for hydroxylation is 1. The number of anilines is 2. The molecule has 0 spiro atoms. The number of aromatic amines is 1. The Hall–Kier alpha value is -3.27. The number of tetrazole rings is 1. The zero-order chi connectivity index (χ0) is 30.3. The molecule has 1 amide bonds. The summed E-state index contributed by atoms with van der Waals surface area (Å²) in [7, 11) is 1.06. The topological polar surface area (TPSA) is 87.2 Å². The van der Waals surface area contributed by atoms with E-state index in [-0.39, 0.29) is 48.7 Å². The molecule has 4 rings (SSSR count). The second-order valence-corrected chi connectivity index (χ2v) is 10.4. The van der Waals surface area contributed by atoms with Gasteiger partial charge in [-0.2, -0.15) is 44.7 Å². The molecule has 228 valence electrons. The molecule has 1 aliphatic carbocycles. The van der Waals surface area contributed by atoms with Crippen LogP contribution in [0.25, 0.3) is 0 Å². The lowest BCUT2D eigenvalue weighted by atomic mass is 9.74. The van der Waals surface area contributed by atoms with Crippen molar-refractivity contribution in [3.63, 3.8) is 0 Å². The Morgan fingerprint density at radius 2 is 1.68 bits per heavy atom. The molecule has 0 bridgehead atoms. The van der Waals surface area contributed by atoms with Gasteiger partial charge in [0.15, 0.2) is 0 Å². The van der Waals surface area contributed by atoms with Crippen molar-refractivity contribution in [1.29, 1.82) is 0 Å². The first-order valence-corrected chi connectivity index (χ1v) is 12.7. The van der Waals surface area contributed by atoms with Gasteiger partial charge in [-0.05, 0) is 67.4 Å². The largest absolute Gasteiger partial charge is 0.452 e. The minimum atomic E-state index is -4.85. The van der Waals surface area contributed by atoms with Crippen LogP contribution in [0.4, 0.5) is 55.9 Å². The van der Waals surface area contributed by atoms with Crippen LogP contribution < -0.4 is 9.80 Å². The quantitative estimate of drug-likeness (QED) is 0.397. The van der Waals surface area contributed by atoms with Crippen molar-refractivity contribution in [1.82, 2.24) is 20.6 Å². The molecule has 1 aliphatic heterocycles. The number of carbonyl (C=O) groups is 1. The number of amides is 1. The van der Waals surface area contributed by atoms with E-state index in [2.05, 4.69) is 20.6 Å². The number of halogens is 9. The highest BCUT2D eigenvalue weighted by Crippen LogP contribution is 2.49. The molecule has 3 unspecified atom stereocenters. The number of hydrogen-bond donors (Lipinski definition) is 1. The molecule has 4 atom stereocenters. The Morgan fingerprint density at radius 3 is 2.20 bits per heavy atom. The SMILES string of the molecule is COC(=O)N1CCCC(N(CC2CC(C(F)(F)F)C[C@@H](C(F)(F)F)C2)c2nn[nH]n2)c2cc(C)c(C(F)(F)F)cc21. The average Bonchev–Trinajstić information content (AvgIpc) is 3.34. The predicted octanol–water partition coefficient (Wildman–Crippen LogP) is 6.60. The number of fused-ring (bicyclic) bond motifs is 1. The van der Waals surface area contributed by atoms with Crippen LogP contribution in [0.5, 0.6) is 0 Å². The van der Waals surface area contributed by atoms with Crippen LogP contribution in [0.15, 0.2) is 12.1 Å². The summed E-state index contributed by atoms with van der Waals surface area (Å²) in [5.41, 5.74) is -1.15. The van der Waals surface area contributed by atoms with Gasteiger partial charge >= 0.3 is 24.6 Å². The molecule has 2 aromatic rings. The zero-order valence-corrected chi connectivity index (χ0v) is 21.9. The fraction of sp³-hybridized carbons (Fsp3) is 0.667. The van der Waals surface area contributed by atoms with Crippen molar-refractivity contribution in [3.8, 4) is 0 Å². The molecule has 2 aliphatic rings. The smallest absolute Gasteiger partial charge is 0.416 e. The van der Waals surface area contributed by atoms with Gasteiger partial charge in [-0.25, -0.2) is 4.79 Å². The summed E-state index contributed by atoms with van der Waals surface area (Å²) in [5.74, 6) is -5.64. The molecular weight excluding hydrogens is 575 g/mol. The van der Waals surface area contributed by atoms with E-state index >= 15 is 0 Å². The van der Waals surface area contributed by atoms with E-state index in [0.29, 0.717) is 0 Å². The standard InChI is InChI=1S/C24H27F9N6O2/c1-12-6-16-18(4-3-5-38(21(40)41-2)19(16)10-17(12)24(31,32)33)39(20-34-36-37-35-20)11-13-7-14(22(25,26)27)9-15(8-13)23(28,29)30/h6,10,13-15,18H,3-5,7-9,11H2,1-2H3,(H,34,35,36,37)/t13?,14-,15?,18?/m0/s1. The zero-order valence-electron chi connectivity index (χ0n) is 21.9. The first-order valence-electron chi connectivity index (χ1n) is 12.7. The summed E-state index contributed by atoms with van der Waals surface area (Å²) >= 11 is 0. The number of benzene rings is 1. The maximum absolute atomic E-state index is 13.8. The summed E-state index contributed by atoms with van der Waals surface area (Å²) in [5, 5.41) is 13.5. The van der Waals surface area contributed by atoms with Crippen molar-refractivity contribution in [2.75, 3.05) is 30.0 Å². The van der Waals surface area contributed by atoms with Crippen molar-refractivity contribution in [3.05, 3.63) is 28.8 Å². The Balaban J connectivity index is 1.80. The average molecular weight is 603 g/mol. The summed E-state index contributed by atoms with van der Waals surface area (Å²) in [6.45, 7) is 0.808. The number of nitrogens with zero attached hydrogens (tertiary/aromatic N) is 5. The van der Waals surface area contributed by atoms with Crippen molar-refractivity contribution < 1.29 is 49.0 Å². The number of aromatic nitrogens is 4. The Labute approximate surface area is 228 Å². The lowest BCUT2D eigenvalue weighted by Crippen LogP contribution is -2.43. The molecule has 17 heteroatoms. The molecule has 0 radical (unpaired) electrons. The molecule has 0 saturated heterocycles. The first-order chi connectivity index (χ1) is 19.0. The molecule has 1 aromatic heterocycles. The Morgan fingerprint density at radius 1 is 1.05 bits per heavy atom. The lowest BCUT2D eigenvalue weighted by molar-refractivity contribution is -0.228. The summed E-state index contributed by atoms with van der Waals surface area (Å²) < 4.78 is 128. The van der Waals surface area contributed by atoms with Crippen LogP contribution in [-0.4, -0.2) is 59.3 Å². The second-order valence-electron chi connectivity index (χ2n) is 10.4. The second kappa shape index (κ2) is 11.2. The van der Waals surface area contributed by atoms with Gasteiger partial charge in [-0.3, -0.25) is 4.90 Å². The van der Waals surface area contributed by atoms with E-state index in [9.17, 15) is 44.3 Å². The van der Waals surface area contributed by atoms with Crippen LogP contribution in [0.3, 0.4) is 0 Å². The summed E-state index contributed by atoms with van der Waals surface area (Å²) in [6, 6.07) is 1.11. The monoisotopic (exact) mass is 602 g/mol. The number of nitrogens with one attached hydrogen (secondary N) is 1. The fourth-order valence-corrected chi connectivity index (χ4v) is 5.89. The highest BCUT2D eigenvalue weighted by molar-refractivity contribution is 5.89. The van der Waals surface area contributed by atoms with Gasteiger partial charge in [0.05, 0.1) is 36.2 Å². The van der Waals surface area contributed by atoms with Crippen LogP contribution in [-0.2, 0) is 10.9 Å². The van der Waals surface area contributed by atoms with Crippen LogP contribution in [0.2, 0.25) is 0 Å². The third-order valence-corrected chi connectivity index (χ3v) is 7.74.